The molecule has 0 bridgehead atoms. The Morgan fingerprint density at radius 3 is 1.82 bits per heavy atom. The van der Waals surface area contributed by atoms with E-state index in [1.54, 1.807) is 0 Å². The summed E-state index contributed by atoms with van der Waals surface area (Å²) in [7, 11) is 0. The number of rotatable bonds is 4. The second-order valence-corrected chi connectivity index (χ2v) is 12.2. The molecule has 0 aliphatic carbocycles. The Morgan fingerprint density at radius 1 is 0.480 bits per heavy atom. The van der Waals surface area contributed by atoms with Crippen LogP contribution in [0.3, 0.4) is 0 Å². The van der Waals surface area contributed by atoms with Crippen LogP contribution in [0, 0.1) is 24.5 Å². The third kappa shape index (κ3) is 4.31. The van der Waals surface area contributed by atoms with Gasteiger partial charge in [0, 0.05) is 21.8 Å². The van der Waals surface area contributed by atoms with E-state index >= 15 is 0 Å². The van der Waals surface area contributed by atoms with Gasteiger partial charge in [-0.05, 0) is 76.2 Å². The molecule has 9 rings (SSSR count). The van der Waals surface area contributed by atoms with Crippen molar-refractivity contribution >= 4 is 55.0 Å². The highest BCUT2D eigenvalue weighted by atomic mass is 15.0. The molecule has 5 nitrogen and oxygen atoms in total. The lowest BCUT2D eigenvalue weighted by Crippen LogP contribution is -1.98. The van der Waals surface area contributed by atoms with Crippen molar-refractivity contribution in [3.63, 3.8) is 0 Å². The molecule has 7 aromatic carbocycles. The molecular weight excluding hydrogens is 611 g/mol. The Labute approximate surface area is 288 Å². The Morgan fingerprint density at radius 2 is 1.10 bits per heavy atom. The fourth-order valence-corrected chi connectivity index (χ4v) is 7.40. The van der Waals surface area contributed by atoms with Crippen LogP contribution in [0.25, 0.3) is 86.9 Å². The molecule has 0 atom stereocenters. The van der Waals surface area contributed by atoms with Gasteiger partial charge < -0.3 is 9.13 Å². The van der Waals surface area contributed by atoms with Crippen molar-refractivity contribution in [1.29, 1.82) is 5.26 Å². The van der Waals surface area contributed by atoms with Crippen molar-refractivity contribution in [1.82, 2.24) is 9.13 Å². The van der Waals surface area contributed by atoms with E-state index in [9.17, 15) is 5.26 Å². The van der Waals surface area contributed by atoms with E-state index in [4.69, 9.17) is 13.1 Å². The number of fused-ring (bicyclic) bond motifs is 6. The van der Waals surface area contributed by atoms with Gasteiger partial charge in [0.2, 0.25) is 11.4 Å². The van der Waals surface area contributed by atoms with Gasteiger partial charge in [-0.1, -0.05) is 103 Å². The van der Waals surface area contributed by atoms with E-state index in [1.165, 1.54) is 0 Å². The summed E-state index contributed by atoms with van der Waals surface area (Å²) in [5, 5.41) is 13.8. The molecule has 0 fully saturated rings. The minimum absolute atomic E-state index is 0.565. The van der Waals surface area contributed by atoms with Crippen molar-refractivity contribution in [2.24, 2.45) is 0 Å². The van der Waals surface area contributed by atoms with Crippen LogP contribution in [0.15, 0.2) is 152 Å². The molecule has 230 valence electrons. The Bertz CT molecular complexity index is 2900. The van der Waals surface area contributed by atoms with Gasteiger partial charge in [-0.25, -0.2) is 9.69 Å². The molecule has 2 aromatic heterocycles. The molecule has 0 amide bonds. The second-order valence-electron chi connectivity index (χ2n) is 12.2. The van der Waals surface area contributed by atoms with Crippen LogP contribution in [-0.4, -0.2) is 9.13 Å². The number of para-hydroxylation sites is 4. The topological polar surface area (TPSA) is 42.4 Å². The Hall–Kier alpha value is -7.39. The van der Waals surface area contributed by atoms with Crippen molar-refractivity contribution in [2.45, 2.75) is 0 Å². The van der Waals surface area contributed by atoms with E-state index < -0.39 is 0 Å². The van der Waals surface area contributed by atoms with E-state index in [1.807, 2.05) is 60.7 Å². The Balaban J connectivity index is 1.18. The van der Waals surface area contributed by atoms with Gasteiger partial charge >= 0.3 is 0 Å². The quantitative estimate of drug-likeness (QED) is 0.177. The molecule has 0 saturated heterocycles. The standard InChI is InChI=1S/C45H25N5/c1-47-39-16-8-14-34(44(39)50-41-18-5-3-12-35(41)36-13-4-6-19-42(36)50)32-11-7-10-31(27-32)30-21-23-33(24-22-30)49-43-25-20-29(28-46)26-38(43)37-15-9-17-40(48-2)45(37)49/h3-27H. The third-order valence-electron chi connectivity index (χ3n) is 9.59. The molecule has 9 aromatic rings. The van der Waals surface area contributed by atoms with Crippen LogP contribution in [-0.2, 0) is 0 Å². The zero-order valence-electron chi connectivity index (χ0n) is 26.7. The molecule has 0 N–H and O–H groups in total. The van der Waals surface area contributed by atoms with Crippen LogP contribution < -0.4 is 0 Å². The Kier molecular flexibility index (Phi) is 6.56. The molecule has 0 spiro atoms. The van der Waals surface area contributed by atoms with Crippen molar-refractivity contribution in [3.05, 3.63) is 180 Å². The highest BCUT2D eigenvalue weighted by molar-refractivity contribution is 6.14. The summed E-state index contributed by atoms with van der Waals surface area (Å²) >= 11 is 0. The summed E-state index contributed by atoms with van der Waals surface area (Å²) < 4.78 is 4.35. The molecule has 0 radical (unpaired) electrons. The number of aromatic nitrogens is 2. The average molecular weight is 636 g/mol. The summed E-state index contributed by atoms with van der Waals surface area (Å²) in [4.78, 5) is 7.84. The first kappa shape index (κ1) is 28.8. The van der Waals surface area contributed by atoms with Gasteiger partial charge in [0.25, 0.3) is 0 Å². The number of hydrogen-bond donors (Lipinski definition) is 0. The maximum Gasteiger partial charge on any atom is 0.211 e. The summed E-state index contributed by atoms with van der Waals surface area (Å²) in [5.74, 6) is 0. The monoisotopic (exact) mass is 635 g/mol. The minimum atomic E-state index is 0.565. The van der Waals surface area contributed by atoms with Gasteiger partial charge in [-0.2, -0.15) is 5.26 Å². The fourth-order valence-electron chi connectivity index (χ4n) is 7.40. The number of hydrogen-bond acceptors (Lipinski definition) is 1. The lowest BCUT2D eigenvalue weighted by Gasteiger charge is -2.17. The maximum atomic E-state index is 9.58. The lowest BCUT2D eigenvalue weighted by atomic mass is 9.97. The molecular formula is C45H25N5. The normalized spacial score (nSPS) is 11.1. The van der Waals surface area contributed by atoms with Crippen molar-refractivity contribution in [3.8, 4) is 39.7 Å². The molecule has 50 heavy (non-hydrogen) atoms. The van der Waals surface area contributed by atoms with Gasteiger partial charge in [0.1, 0.15) is 0 Å². The summed E-state index contributed by atoms with van der Waals surface area (Å²) in [6.45, 7) is 16.0. The predicted octanol–water partition coefficient (Wildman–Crippen LogP) is 12.2. The molecule has 0 unspecified atom stereocenters. The largest absolute Gasteiger partial charge is 0.319 e. The van der Waals surface area contributed by atoms with E-state index in [-0.39, 0.29) is 0 Å². The molecule has 0 saturated carbocycles. The summed E-state index contributed by atoms with van der Waals surface area (Å²) in [6, 6.07) is 53.3. The third-order valence-corrected chi connectivity index (χ3v) is 9.59. The predicted molar refractivity (Wildman–Crippen MR) is 203 cm³/mol. The van der Waals surface area contributed by atoms with Crippen LogP contribution in [0.5, 0.6) is 0 Å². The second kappa shape index (κ2) is 11.4. The number of nitriles is 1. The van der Waals surface area contributed by atoms with E-state index in [0.717, 1.165) is 77.2 Å². The van der Waals surface area contributed by atoms with Crippen LogP contribution in [0.4, 0.5) is 11.4 Å². The summed E-state index contributed by atoms with van der Waals surface area (Å²) in [5.41, 5.74) is 11.6. The highest BCUT2D eigenvalue weighted by Gasteiger charge is 2.19. The highest BCUT2D eigenvalue weighted by Crippen LogP contribution is 2.42. The average Bonchev–Trinajstić information content (AvgIpc) is 3.70. The van der Waals surface area contributed by atoms with E-state index in [0.29, 0.717) is 16.9 Å². The maximum absolute atomic E-state index is 9.58. The fraction of sp³-hybridized carbons (Fsp3) is 0. The van der Waals surface area contributed by atoms with Gasteiger partial charge in [0.15, 0.2) is 0 Å². The molecule has 2 heterocycles. The minimum Gasteiger partial charge on any atom is -0.319 e. The first-order chi connectivity index (χ1) is 24.7. The molecule has 0 aliphatic rings. The van der Waals surface area contributed by atoms with Crippen LogP contribution in [0.1, 0.15) is 5.56 Å². The number of nitrogens with zero attached hydrogens (tertiary/aromatic N) is 5. The SMILES string of the molecule is [C-]#[N+]c1cccc(-c2cccc(-c3ccc(-n4c5ccc(C#N)cc5c5cccc([N+]#[C-])c54)cc3)c2)c1-n1c2ccccc2c2ccccc21. The summed E-state index contributed by atoms with van der Waals surface area (Å²) in [6.07, 6.45) is 0. The van der Waals surface area contributed by atoms with Crippen LogP contribution in [0.2, 0.25) is 0 Å². The molecule has 0 aliphatic heterocycles. The van der Waals surface area contributed by atoms with Crippen molar-refractivity contribution in [2.75, 3.05) is 0 Å². The van der Waals surface area contributed by atoms with Gasteiger partial charge in [-0.15, -0.1) is 0 Å². The first-order valence-electron chi connectivity index (χ1n) is 16.2. The van der Waals surface area contributed by atoms with Crippen molar-refractivity contribution < 1.29 is 0 Å². The lowest BCUT2D eigenvalue weighted by molar-refractivity contribution is 1.18. The van der Waals surface area contributed by atoms with Gasteiger partial charge in [-0.3, -0.25) is 0 Å². The first-order valence-corrected chi connectivity index (χ1v) is 16.2. The number of benzene rings is 7. The zero-order chi connectivity index (χ0) is 33.8. The van der Waals surface area contributed by atoms with Crippen LogP contribution >= 0.6 is 0 Å². The van der Waals surface area contributed by atoms with E-state index in [2.05, 4.69) is 116 Å². The molecule has 5 heteroatoms. The smallest absolute Gasteiger partial charge is 0.211 e. The zero-order valence-corrected chi connectivity index (χ0v) is 26.7. The van der Waals surface area contributed by atoms with Gasteiger partial charge in [0.05, 0.1) is 52.5 Å².